The molecule has 0 radical (unpaired) electrons. The van der Waals surface area contributed by atoms with Crippen molar-refractivity contribution >= 4 is 17.3 Å². The molecule has 88 valence electrons. The molecule has 0 amide bonds. The number of benzene rings is 1. The van der Waals surface area contributed by atoms with Gasteiger partial charge in [0.15, 0.2) is 0 Å². The first-order chi connectivity index (χ1) is 7.69. The number of unbranched alkanes of at least 4 members (excludes halogenated alkanes) is 1. The van der Waals surface area contributed by atoms with Crippen LogP contribution >= 0.6 is 11.6 Å². The minimum Gasteiger partial charge on any atom is -0.493 e. The summed E-state index contributed by atoms with van der Waals surface area (Å²) < 4.78 is 5.47. The molecule has 0 atom stereocenters. The number of halogens is 1. The van der Waals surface area contributed by atoms with E-state index in [-0.39, 0.29) is 5.69 Å². The molecular weight excluding hydrogens is 230 g/mol. The van der Waals surface area contributed by atoms with Crippen LogP contribution in [0.3, 0.4) is 0 Å². The van der Waals surface area contributed by atoms with Crippen molar-refractivity contribution in [3.63, 3.8) is 0 Å². The van der Waals surface area contributed by atoms with Gasteiger partial charge in [0.25, 0.3) is 5.69 Å². The van der Waals surface area contributed by atoms with Gasteiger partial charge >= 0.3 is 0 Å². The zero-order valence-electron chi connectivity index (χ0n) is 9.11. The van der Waals surface area contributed by atoms with Gasteiger partial charge in [-0.05, 0) is 12.5 Å². The summed E-state index contributed by atoms with van der Waals surface area (Å²) in [5, 5.41) is 10.6. The average molecular weight is 244 g/mol. The quantitative estimate of drug-likeness (QED) is 0.332. The Kier molecular flexibility index (Phi) is 5.05. The van der Waals surface area contributed by atoms with Crippen LogP contribution in [0.4, 0.5) is 5.69 Å². The highest BCUT2D eigenvalue weighted by Crippen LogP contribution is 2.26. The number of hydrogen-bond acceptors (Lipinski definition) is 3. The largest absolute Gasteiger partial charge is 0.493 e. The van der Waals surface area contributed by atoms with Gasteiger partial charge in [-0.15, -0.1) is 11.6 Å². The summed E-state index contributed by atoms with van der Waals surface area (Å²) in [7, 11) is 0. The van der Waals surface area contributed by atoms with Gasteiger partial charge in [-0.25, -0.2) is 0 Å². The van der Waals surface area contributed by atoms with Crippen LogP contribution < -0.4 is 4.74 Å². The van der Waals surface area contributed by atoms with Gasteiger partial charge in [0.05, 0.1) is 23.5 Å². The van der Waals surface area contributed by atoms with E-state index in [4.69, 9.17) is 16.3 Å². The van der Waals surface area contributed by atoms with Crippen molar-refractivity contribution in [1.29, 1.82) is 0 Å². The molecule has 0 aromatic heterocycles. The number of nitro groups is 1. The maximum atomic E-state index is 10.6. The Hall–Kier alpha value is -1.29. The maximum absolute atomic E-state index is 10.6. The van der Waals surface area contributed by atoms with Crippen molar-refractivity contribution in [1.82, 2.24) is 0 Å². The summed E-state index contributed by atoms with van der Waals surface area (Å²) in [4.78, 5) is 10.2. The minimum atomic E-state index is -0.440. The topological polar surface area (TPSA) is 52.4 Å². The first-order valence-electron chi connectivity index (χ1n) is 5.15. The first kappa shape index (κ1) is 12.8. The molecule has 0 spiro atoms. The Morgan fingerprint density at radius 1 is 1.50 bits per heavy atom. The molecule has 0 bridgehead atoms. The average Bonchev–Trinajstić information content (AvgIpc) is 2.29. The van der Waals surface area contributed by atoms with E-state index in [1.807, 2.05) is 0 Å². The molecule has 16 heavy (non-hydrogen) atoms. The van der Waals surface area contributed by atoms with E-state index in [0.29, 0.717) is 18.2 Å². The number of hydrogen-bond donors (Lipinski definition) is 0. The van der Waals surface area contributed by atoms with Crippen molar-refractivity contribution in [2.45, 2.75) is 25.6 Å². The van der Waals surface area contributed by atoms with Gasteiger partial charge in [-0.3, -0.25) is 10.1 Å². The van der Waals surface area contributed by atoms with Gasteiger partial charge in [0, 0.05) is 11.6 Å². The molecule has 4 nitrogen and oxygen atoms in total. The third kappa shape index (κ3) is 3.38. The fourth-order valence-corrected chi connectivity index (χ4v) is 1.45. The predicted octanol–water partition coefficient (Wildman–Crippen LogP) is 3.51. The van der Waals surface area contributed by atoms with Crippen LogP contribution in [0.25, 0.3) is 0 Å². The standard InChI is InChI=1S/C11H14ClNO3/c1-2-3-6-16-11-7-10(13(14)15)5-4-9(11)8-12/h4-5,7H,2-3,6,8H2,1H3. The lowest BCUT2D eigenvalue weighted by atomic mass is 10.2. The molecule has 1 rings (SSSR count). The van der Waals surface area contributed by atoms with Crippen LogP contribution in [-0.4, -0.2) is 11.5 Å². The van der Waals surface area contributed by atoms with Crippen LogP contribution in [0.2, 0.25) is 0 Å². The van der Waals surface area contributed by atoms with E-state index in [1.54, 1.807) is 6.07 Å². The third-order valence-corrected chi connectivity index (χ3v) is 2.45. The van der Waals surface area contributed by atoms with E-state index < -0.39 is 4.92 Å². The highest BCUT2D eigenvalue weighted by atomic mass is 35.5. The van der Waals surface area contributed by atoms with E-state index >= 15 is 0 Å². The second-order valence-corrected chi connectivity index (χ2v) is 3.65. The zero-order valence-corrected chi connectivity index (χ0v) is 9.87. The lowest BCUT2D eigenvalue weighted by molar-refractivity contribution is -0.384. The molecule has 0 aliphatic carbocycles. The van der Waals surface area contributed by atoms with Gasteiger partial charge < -0.3 is 4.74 Å². The summed E-state index contributed by atoms with van der Waals surface area (Å²) in [6.45, 7) is 2.61. The summed E-state index contributed by atoms with van der Waals surface area (Å²) in [6.07, 6.45) is 1.94. The SMILES string of the molecule is CCCCOc1cc([N+](=O)[O-])ccc1CCl. The molecule has 1 aromatic carbocycles. The van der Waals surface area contributed by atoms with Crippen molar-refractivity contribution in [3.05, 3.63) is 33.9 Å². The summed E-state index contributed by atoms with van der Waals surface area (Å²) in [5.74, 6) is 0.803. The molecule has 0 aliphatic heterocycles. The van der Waals surface area contributed by atoms with E-state index in [2.05, 4.69) is 6.92 Å². The molecule has 0 N–H and O–H groups in total. The molecule has 0 unspecified atom stereocenters. The Bertz CT molecular complexity index is 368. The van der Waals surface area contributed by atoms with Gasteiger partial charge in [0.2, 0.25) is 0 Å². The minimum absolute atomic E-state index is 0.0281. The monoisotopic (exact) mass is 243 g/mol. The third-order valence-electron chi connectivity index (χ3n) is 2.16. The van der Waals surface area contributed by atoms with Crippen molar-refractivity contribution in [2.24, 2.45) is 0 Å². The lowest BCUT2D eigenvalue weighted by Gasteiger charge is -2.08. The van der Waals surface area contributed by atoms with Crippen LogP contribution in [0.15, 0.2) is 18.2 Å². The van der Waals surface area contributed by atoms with Gasteiger partial charge in [-0.2, -0.15) is 0 Å². The normalized spacial score (nSPS) is 10.1. The highest BCUT2D eigenvalue weighted by Gasteiger charge is 2.11. The Balaban J connectivity index is 2.84. The van der Waals surface area contributed by atoms with Crippen LogP contribution in [-0.2, 0) is 5.88 Å². The number of nitrogens with zero attached hydrogens (tertiary/aromatic N) is 1. The fraction of sp³-hybridized carbons (Fsp3) is 0.455. The molecule has 0 heterocycles. The molecule has 0 aliphatic rings. The number of non-ortho nitro benzene ring substituents is 1. The zero-order chi connectivity index (χ0) is 12.0. The second kappa shape index (κ2) is 6.33. The summed E-state index contributed by atoms with van der Waals surface area (Å²) in [6, 6.07) is 4.49. The molecule has 5 heteroatoms. The molecule has 0 saturated carbocycles. The molecule has 0 fully saturated rings. The summed E-state index contributed by atoms with van der Waals surface area (Å²) in [5.41, 5.74) is 0.809. The number of nitro benzene ring substituents is 1. The Labute approximate surface area is 99.3 Å². The van der Waals surface area contributed by atoms with Crippen molar-refractivity contribution in [3.8, 4) is 5.75 Å². The van der Waals surface area contributed by atoms with Crippen molar-refractivity contribution in [2.75, 3.05) is 6.61 Å². The maximum Gasteiger partial charge on any atom is 0.273 e. The number of alkyl halides is 1. The van der Waals surface area contributed by atoms with E-state index in [0.717, 1.165) is 18.4 Å². The molecular formula is C11H14ClNO3. The first-order valence-corrected chi connectivity index (χ1v) is 5.68. The predicted molar refractivity (Wildman–Crippen MR) is 63.1 cm³/mol. The van der Waals surface area contributed by atoms with E-state index in [1.165, 1.54) is 12.1 Å². The smallest absolute Gasteiger partial charge is 0.273 e. The Morgan fingerprint density at radius 3 is 2.81 bits per heavy atom. The lowest BCUT2D eigenvalue weighted by Crippen LogP contribution is -2.00. The van der Waals surface area contributed by atoms with Gasteiger partial charge in [0.1, 0.15) is 5.75 Å². The van der Waals surface area contributed by atoms with Gasteiger partial charge in [-0.1, -0.05) is 13.3 Å². The summed E-state index contributed by atoms with van der Waals surface area (Å²) >= 11 is 5.73. The van der Waals surface area contributed by atoms with Crippen LogP contribution in [0.1, 0.15) is 25.3 Å². The number of ether oxygens (including phenoxy) is 1. The fourth-order valence-electron chi connectivity index (χ4n) is 1.23. The van der Waals surface area contributed by atoms with Crippen molar-refractivity contribution < 1.29 is 9.66 Å². The number of rotatable bonds is 6. The van der Waals surface area contributed by atoms with E-state index in [9.17, 15) is 10.1 Å². The van der Waals surface area contributed by atoms with Crippen LogP contribution in [0, 0.1) is 10.1 Å². The molecule has 0 saturated heterocycles. The molecule has 1 aromatic rings. The van der Waals surface area contributed by atoms with Crippen LogP contribution in [0.5, 0.6) is 5.75 Å². The second-order valence-electron chi connectivity index (χ2n) is 3.38. The Morgan fingerprint density at radius 2 is 2.25 bits per heavy atom. The highest BCUT2D eigenvalue weighted by molar-refractivity contribution is 6.17.